The molecule has 0 unspecified atom stereocenters. The molecular formula is C20H29IN4O. The summed E-state index contributed by atoms with van der Waals surface area (Å²) in [7, 11) is 0. The molecule has 0 aliphatic rings. The molecule has 0 bridgehead atoms. The molecule has 0 atom stereocenters. The van der Waals surface area contributed by atoms with Gasteiger partial charge in [-0.1, -0.05) is 49.7 Å². The standard InChI is InChI=1S/C20H28N4O.HI/c1-3-5-13-23-20(21-4-2)24-15-18-12-9-14-22-19(18)25-16-17-10-7-6-8-11-17;/h6-12,14H,3-5,13,15-16H2,1-2H3,(H2,21,23,24);1H. The van der Waals surface area contributed by atoms with Gasteiger partial charge in [-0.2, -0.15) is 0 Å². The zero-order valence-electron chi connectivity index (χ0n) is 15.6. The Morgan fingerprint density at radius 1 is 1.08 bits per heavy atom. The number of benzene rings is 1. The van der Waals surface area contributed by atoms with Gasteiger partial charge in [-0.15, -0.1) is 24.0 Å². The van der Waals surface area contributed by atoms with Gasteiger partial charge in [0.1, 0.15) is 6.61 Å². The Kier molecular flexibility index (Phi) is 11.4. The van der Waals surface area contributed by atoms with E-state index in [1.54, 1.807) is 6.20 Å². The molecule has 0 spiro atoms. The van der Waals surface area contributed by atoms with Crippen molar-refractivity contribution >= 4 is 29.9 Å². The van der Waals surface area contributed by atoms with Crippen molar-refractivity contribution in [2.75, 3.05) is 13.1 Å². The van der Waals surface area contributed by atoms with Gasteiger partial charge < -0.3 is 15.4 Å². The predicted molar refractivity (Wildman–Crippen MR) is 118 cm³/mol. The minimum Gasteiger partial charge on any atom is -0.473 e. The SMILES string of the molecule is CCCCNC(=NCc1cccnc1OCc1ccccc1)NCC.I. The second-order valence-electron chi connectivity index (χ2n) is 5.72. The van der Waals surface area contributed by atoms with Crippen molar-refractivity contribution in [3.05, 3.63) is 59.8 Å². The summed E-state index contributed by atoms with van der Waals surface area (Å²) in [6, 6.07) is 14.0. The fourth-order valence-electron chi connectivity index (χ4n) is 2.29. The molecule has 2 aromatic rings. The van der Waals surface area contributed by atoms with Gasteiger partial charge in [-0.05, 0) is 25.0 Å². The van der Waals surface area contributed by atoms with Crippen LogP contribution in [0.3, 0.4) is 0 Å². The first-order valence-electron chi connectivity index (χ1n) is 8.96. The fraction of sp³-hybridized carbons (Fsp3) is 0.400. The molecule has 1 aromatic heterocycles. The maximum absolute atomic E-state index is 5.89. The number of unbranched alkanes of at least 4 members (excludes halogenated alkanes) is 1. The van der Waals surface area contributed by atoms with Crippen LogP contribution in [0, 0.1) is 0 Å². The van der Waals surface area contributed by atoms with Crippen LogP contribution in [0.4, 0.5) is 0 Å². The van der Waals surface area contributed by atoms with Crippen LogP contribution in [0.25, 0.3) is 0 Å². The molecule has 0 aliphatic heterocycles. The van der Waals surface area contributed by atoms with Crippen molar-refractivity contribution in [2.24, 2.45) is 4.99 Å². The number of hydrogen-bond acceptors (Lipinski definition) is 3. The summed E-state index contributed by atoms with van der Waals surface area (Å²) in [6.45, 7) is 7.03. The van der Waals surface area contributed by atoms with Crippen LogP contribution in [0.5, 0.6) is 5.88 Å². The molecular weight excluding hydrogens is 439 g/mol. The smallest absolute Gasteiger partial charge is 0.218 e. The second-order valence-corrected chi connectivity index (χ2v) is 5.72. The summed E-state index contributed by atoms with van der Waals surface area (Å²) in [6.07, 6.45) is 4.04. The molecule has 142 valence electrons. The van der Waals surface area contributed by atoms with Gasteiger partial charge in [0.15, 0.2) is 5.96 Å². The third-order valence-corrected chi connectivity index (χ3v) is 3.64. The highest BCUT2D eigenvalue weighted by molar-refractivity contribution is 14.0. The third kappa shape index (κ3) is 8.03. The quantitative estimate of drug-likeness (QED) is 0.252. The predicted octanol–water partition coefficient (Wildman–Crippen LogP) is 4.13. The van der Waals surface area contributed by atoms with Crippen LogP contribution < -0.4 is 15.4 Å². The van der Waals surface area contributed by atoms with Crippen molar-refractivity contribution in [3.8, 4) is 5.88 Å². The summed E-state index contributed by atoms with van der Waals surface area (Å²) < 4.78 is 5.89. The molecule has 26 heavy (non-hydrogen) atoms. The minimum absolute atomic E-state index is 0. The number of guanidine groups is 1. The number of aromatic nitrogens is 1. The Morgan fingerprint density at radius 2 is 1.88 bits per heavy atom. The molecule has 6 heteroatoms. The van der Waals surface area contributed by atoms with E-state index < -0.39 is 0 Å². The van der Waals surface area contributed by atoms with Crippen LogP contribution in [-0.4, -0.2) is 24.0 Å². The molecule has 0 saturated carbocycles. The molecule has 0 amide bonds. The zero-order valence-corrected chi connectivity index (χ0v) is 17.9. The van der Waals surface area contributed by atoms with E-state index in [-0.39, 0.29) is 24.0 Å². The third-order valence-electron chi connectivity index (χ3n) is 3.64. The number of ether oxygens (including phenoxy) is 1. The lowest BCUT2D eigenvalue weighted by Crippen LogP contribution is -2.37. The average molecular weight is 468 g/mol. The number of pyridine rings is 1. The van der Waals surface area contributed by atoms with Gasteiger partial charge in [0.05, 0.1) is 6.54 Å². The van der Waals surface area contributed by atoms with Gasteiger partial charge in [0.25, 0.3) is 0 Å². The summed E-state index contributed by atoms with van der Waals surface area (Å²) in [5.74, 6) is 1.47. The Bertz CT molecular complexity index is 649. The minimum atomic E-state index is 0. The van der Waals surface area contributed by atoms with Crippen molar-refractivity contribution < 1.29 is 4.74 Å². The number of nitrogens with zero attached hydrogens (tertiary/aromatic N) is 2. The molecule has 0 radical (unpaired) electrons. The van der Waals surface area contributed by atoms with Gasteiger partial charge in [0, 0.05) is 24.8 Å². The molecule has 2 N–H and O–H groups in total. The maximum atomic E-state index is 5.89. The molecule has 1 heterocycles. The first-order valence-corrected chi connectivity index (χ1v) is 8.96. The first-order chi connectivity index (χ1) is 12.3. The van der Waals surface area contributed by atoms with E-state index in [9.17, 15) is 0 Å². The molecule has 2 rings (SSSR count). The highest BCUT2D eigenvalue weighted by atomic mass is 127. The lowest BCUT2D eigenvalue weighted by atomic mass is 10.2. The van der Waals surface area contributed by atoms with Crippen LogP contribution >= 0.6 is 24.0 Å². The highest BCUT2D eigenvalue weighted by Gasteiger charge is 2.05. The Hall–Kier alpha value is -1.83. The normalized spacial score (nSPS) is 10.8. The Labute approximate surface area is 173 Å². The zero-order chi connectivity index (χ0) is 17.7. The molecule has 0 saturated heterocycles. The van der Waals surface area contributed by atoms with E-state index in [0.29, 0.717) is 19.0 Å². The van der Waals surface area contributed by atoms with Crippen molar-refractivity contribution in [1.29, 1.82) is 0 Å². The second kappa shape index (κ2) is 13.4. The van der Waals surface area contributed by atoms with Crippen molar-refractivity contribution in [1.82, 2.24) is 15.6 Å². The maximum Gasteiger partial charge on any atom is 0.218 e. The lowest BCUT2D eigenvalue weighted by Gasteiger charge is -2.12. The largest absolute Gasteiger partial charge is 0.473 e. The fourth-order valence-corrected chi connectivity index (χ4v) is 2.29. The number of rotatable bonds is 9. The molecule has 5 nitrogen and oxygen atoms in total. The summed E-state index contributed by atoms with van der Waals surface area (Å²) in [4.78, 5) is 9.01. The number of nitrogens with one attached hydrogen (secondary N) is 2. The van der Waals surface area contributed by atoms with Gasteiger partial charge >= 0.3 is 0 Å². The Balaban J connectivity index is 0.00000338. The van der Waals surface area contributed by atoms with Gasteiger partial charge in [-0.3, -0.25) is 0 Å². The van der Waals surface area contributed by atoms with Crippen molar-refractivity contribution in [2.45, 2.75) is 39.8 Å². The van der Waals surface area contributed by atoms with E-state index in [1.165, 1.54) is 0 Å². The van der Waals surface area contributed by atoms with Gasteiger partial charge in [-0.25, -0.2) is 9.98 Å². The van der Waals surface area contributed by atoms with Crippen LogP contribution in [0.1, 0.15) is 37.8 Å². The van der Waals surface area contributed by atoms with E-state index in [0.717, 1.165) is 43.0 Å². The number of halogens is 1. The highest BCUT2D eigenvalue weighted by Crippen LogP contribution is 2.17. The number of hydrogen-bond donors (Lipinski definition) is 2. The van der Waals surface area contributed by atoms with Crippen LogP contribution in [-0.2, 0) is 13.2 Å². The first kappa shape index (κ1) is 22.2. The summed E-state index contributed by atoms with van der Waals surface area (Å²) in [5.41, 5.74) is 2.10. The van der Waals surface area contributed by atoms with Crippen molar-refractivity contribution in [3.63, 3.8) is 0 Å². The number of aliphatic imine (C=N–C) groups is 1. The monoisotopic (exact) mass is 468 g/mol. The van der Waals surface area contributed by atoms with Crippen LogP contribution in [0.15, 0.2) is 53.7 Å². The molecule has 0 aliphatic carbocycles. The van der Waals surface area contributed by atoms with E-state index >= 15 is 0 Å². The lowest BCUT2D eigenvalue weighted by molar-refractivity contribution is 0.290. The van der Waals surface area contributed by atoms with E-state index in [2.05, 4.69) is 34.5 Å². The topological polar surface area (TPSA) is 58.5 Å². The van der Waals surface area contributed by atoms with Gasteiger partial charge in [0.2, 0.25) is 5.88 Å². The van der Waals surface area contributed by atoms with Crippen LogP contribution in [0.2, 0.25) is 0 Å². The van der Waals surface area contributed by atoms with E-state index in [4.69, 9.17) is 4.74 Å². The summed E-state index contributed by atoms with van der Waals surface area (Å²) in [5, 5.41) is 6.61. The Morgan fingerprint density at radius 3 is 2.62 bits per heavy atom. The average Bonchev–Trinajstić information content (AvgIpc) is 2.66. The van der Waals surface area contributed by atoms with E-state index in [1.807, 2.05) is 42.5 Å². The molecule has 1 aromatic carbocycles. The summed E-state index contributed by atoms with van der Waals surface area (Å²) >= 11 is 0. The molecule has 0 fully saturated rings.